The van der Waals surface area contributed by atoms with E-state index in [0.29, 0.717) is 11.8 Å². The zero-order valence-electron chi connectivity index (χ0n) is 19.3. The maximum Gasteiger partial charge on any atom is 0.222 e. The Kier molecular flexibility index (Phi) is 9.19. The highest BCUT2D eigenvalue weighted by Gasteiger charge is 2.43. The first kappa shape index (κ1) is 23.6. The predicted octanol–water partition coefficient (Wildman–Crippen LogP) is 4.67. The Morgan fingerprint density at radius 1 is 1.19 bits per heavy atom. The molecular formula is C25H40N4O2. The van der Waals surface area contributed by atoms with Gasteiger partial charge >= 0.3 is 0 Å². The third-order valence-corrected chi connectivity index (χ3v) is 7.05. The summed E-state index contributed by atoms with van der Waals surface area (Å²) in [5.41, 5.74) is 3.24. The average molecular weight is 429 g/mol. The van der Waals surface area contributed by atoms with Gasteiger partial charge in [0.05, 0.1) is 12.3 Å². The maximum absolute atomic E-state index is 12.4. The van der Waals surface area contributed by atoms with E-state index in [0.717, 1.165) is 61.7 Å². The number of rotatable bonds is 9. The lowest BCUT2D eigenvalue weighted by atomic mass is 9.82. The summed E-state index contributed by atoms with van der Waals surface area (Å²) in [7, 11) is 0. The zero-order chi connectivity index (χ0) is 22.1. The Hall–Kier alpha value is -2.08. The molecule has 0 unspecified atom stereocenters. The number of ether oxygens (including phenoxy) is 1. The molecule has 0 aromatic heterocycles. The van der Waals surface area contributed by atoms with Gasteiger partial charge in [0, 0.05) is 19.5 Å². The minimum Gasteiger partial charge on any atom is -0.494 e. The molecule has 1 aromatic rings. The topological polar surface area (TPSA) is 80.0 Å². The monoisotopic (exact) mass is 428 g/mol. The molecule has 6 heteroatoms. The number of nitrogens with zero attached hydrogens (tertiary/aromatic N) is 2. The van der Waals surface area contributed by atoms with Crippen LogP contribution >= 0.6 is 0 Å². The SMILES string of the molecule is CC.NNC=Nc1ccc(OCC[C@@H]2C[C@@H]2C2CCN(C(=O)CC3CCC3)CC2)cc1. The van der Waals surface area contributed by atoms with Gasteiger partial charge in [-0.25, -0.2) is 10.8 Å². The van der Waals surface area contributed by atoms with Crippen molar-refractivity contribution in [2.75, 3.05) is 19.7 Å². The van der Waals surface area contributed by atoms with E-state index in [2.05, 4.69) is 15.3 Å². The molecule has 3 N–H and O–H groups in total. The Balaban J connectivity index is 0.00000132. The lowest BCUT2D eigenvalue weighted by Crippen LogP contribution is -2.40. The van der Waals surface area contributed by atoms with Gasteiger partial charge in [0.2, 0.25) is 5.91 Å². The molecule has 1 amide bonds. The average Bonchev–Trinajstić information content (AvgIpc) is 3.56. The second kappa shape index (κ2) is 12.1. The van der Waals surface area contributed by atoms with Gasteiger partial charge < -0.3 is 15.1 Å². The van der Waals surface area contributed by atoms with E-state index in [-0.39, 0.29) is 0 Å². The van der Waals surface area contributed by atoms with Crippen molar-refractivity contribution in [2.24, 2.45) is 34.5 Å². The Labute approximate surface area is 187 Å². The number of hydrogen-bond acceptors (Lipinski definition) is 4. The summed E-state index contributed by atoms with van der Waals surface area (Å²) in [4.78, 5) is 18.7. The zero-order valence-corrected chi connectivity index (χ0v) is 19.3. The van der Waals surface area contributed by atoms with Crippen LogP contribution in [0.25, 0.3) is 0 Å². The number of carbonyl (C=O) groups excluding carboxylic acids is 1. The van der Waals surface area contributed by atoms with Crippen LogP contribution in [0.3, 0.4) is 0 Å². The summed E-state index contributed by atoms with van der Waals surface area (Å²) in [5, 5.41) is 0. The standard InChI is InChI=1S/C23H34N4O2.C2H6/c24-26-16-25-20-4-6-21(7-5-20)29-13-10-19-15-22(19)18-8-11-27(12-9-18)23(28)14-17-2-1-3-17;1-2/h4-7,16-19,22H,1-3,8-15,24H2,(H,25,26);1-2H3/t19-,22-;/m1./s1. The molecule has 172 valence electrons. The lowest BCUT2D eigenvalue weighted by molar-refractivity contribution is -0.134. The fraction of sp³-hybridized carbons (Fsp3) is 0.680. The first-order valence-electron chi connectivity index (χ1n) is 12.2. The summed E-state index contributed by atoms with van der Waals surface area (Å²) >= 11 is 0. The first-order valence-corrected chi connectivity index (χ1v) is 12.2. The molecule has 4 rings (SSSR count). The number of hydrogen-bond donors (Lipinski definition) is 2. The number of likely N-dealkylation sites (tertiary alicyclic amines) is 1. The van der Waals surface area contributed by atoms with E-state index >= 15 is 0 Å². The number of aliphatic imine (C=N–C) groups is 1. The fourth-order valence-corrected chi connectivity index (χ4v) is 4.90. The molecule has 0 bridgehead atoms. The molecule has 1 saturated heterocycles. The highest BCUT2D eigenvalue weighted by atomic mass is 16.5. The number of amides is 1. The Bertz CT molecular complexity index is 694. The molecule has 1 aromatic carbocycles. The van der Waals surface area contributed by atoms with Crippen LogP contribution < -0.4 is 16.0 Å². The normalized spacial score (nSPS) is 23.6. The van der Waals surface area contributed by atoms with Crippen LogP contribution in [0.15, 0.2) is 29.3 Å². The minimum absolute atomic E-state index is 0.407. The molecular weight excluding hydrogens is 388 g/mol. The third kappa shape index (κ3) is 6.96. The molecule has 6 nitrogen and oxygen atoms in total. The Morgan fingerprint density at radius 2 is 1.90 bits per heavy atom. The molecule has 0 spiro atoms. The smallest absolute Gasteiger partial charge is 0.222 e. The van der Waals surface area contributed by atoms with Crippen LogP contribution in [-0.4, -0.2) is 36.8 Å². The van der Waals surface area contributed by atoms with Crippen LogP contribution in [0.2, 0.25) is 0 Å². The third-order valence-electron chi connectivity index (χ3n) is 7.05. The molecule has 1 aliphatic heterocycles. The molecule has 0 radical (unpaired) electrons. The van der Waals surface area contributed by atoms with E-state index < -0.39 is 0 Å². The van der Waals surface area contributed by atoms with Crippen LogP contribution in [0.4, 0.5) is 5.69 Å². The molecule has 2 aliphatic carbocycles. The summed E-state index contributed by atoms with van der Waals surface area (Å²) < 4.78 is 5.91. The van der Waals surface area contributed by atoms with Crippen molar-refractivity contribution in [3.05, 3.63) is 24.3 Å². The van der Waals surface area contributed by atoms with Gasteiger partial charge in [-0.1, -0.05) is 20.3 Å². The number of carbonyl (C=O) groups is 1. The van der Waals surface area contributed by atoms with E-state index in [1.165, 1.54) is 44.9 Å². The van der Waals surface area contributed by atoms with Crippen molar-refractivity contribution in [2.45, 2.75) is 65.2 Å². The predicted molar refractivity (Wildman–Crippen MR) is 126 cm³/mol. The van der Waals surface area contributed by atoms with E-state index in [1.54, 1.807) is 0 Å². The van der Waals surface area contributed by atoms with Crippen molar-refractivity contribution in [3.63, 3.8) is 0 Å². The number of nitrogens with one attached hydrogen (secondary N) is 1. The molecule has 31 heavy (non-hydrogen) atoms. The van der Waals surface area contributed by atoms with Crippen molar-refractivity contribution in [1.29, 1.82) is 0 Å². The van der Waals surface area contributed by atoms with Gasteiger partial charge in [-0.15, -0.1) is 0 Å². The highest BCUT2D eigenvalue weighted by molar-refractivity contribution is 5.76. The van der Waals surface area contributed by atoms with Gasteiger partial charge in [0.25, 0.3) is 0 Å². The van der Waals surface area contributed by atoms with Crippen molar-refractivity contribution in [1.82, 2.24) is 10.3 Å². The second-order valence-corrected chi connectivity index (χ2v) is 8.93. The number of piperidine rings is 1. The number of hydrazine groups is 1. The Morgan fingerprint density at radius 3 is 2.52 bits per heavy atom. The van der Waals surface area contributed by atoms with Gasteiger partial charge in [-0.05, 0) is 86.5 Å². The molecule has 1 heterocycles. The van der Waals surface area contributed by atoms with Gasteiger partial charge in [-0.3, -0.25) is 4.79 Å². The number of nitrogens with two attached hydrogens (primary N) is 1. The maximum atomic E-state index is 12.4. The highest BCUT2D eigenvalue weighted by Crippen LogP contribution is 2.49. The van der Waals surface area contributed by atoms with Crippen molar-refractivity contribution < 1.29 is 9.53 Å². The van der Waals surface area contributed by atoms with E-state index in [4.69, 9.17) is 10.6 Å². The quantitative estimate of drug-likeness (QED) is 0.259. The molecule has 2 saturated carbocycles. The molecule has 3 aliphatic rings. The van der Waals surface area contributed by atoms with Crippen LogP contribution in [0.1, 0.15) is 65.2 Å². The fourth-order valence-electron chi connectivity index (χ4n) is 4.90. The van der Waals surface area contributed by atoms with Crippen LogP contribution in [0.5, 0.6) is 5.75 Å². The van der Waals surface area contributed by atoms with E-state index in [9.17, 15) is 4.79 Å². The van der Waals surface area contributed by atoms with Gasteiger partial charge in [-0.2, -0.15) is 0 Å². The van der Waals surface area contributed by atoms with Crippen molar-refractivity contribution >= 4 is 17.9 Å². The second-order valence-electron chi connectivity index (χ2n) is 8.93. The summed E-state index contributed by atoms with van der Waals surface area (Å²) in [6.07, 6.45) is 10.9. The molecule has 2 atom stereocenters. The van der Waals surface area contributed by atoms with Crippen molar-refractivity contribution in [3.8, 4) is 5.75 Å². The lowest BCUT2D eigenvalue weighted by Gasteiger charge is -2.34. The van der Waals surface area contributed by atoms with Gasteiger partial charge in [0.15, 0.2) is 0 Å². The summed E-state index contributed by atoms with van der Waals surface area (Å²) in [6, 6.07) is 7.74. The first-order chi connectivity index (χ1) is 15.2. The van der Waals surface area contributed by atoms with Crippen LogP contribution in [0, 0.1) is 23.7 Å². The number of benzene rings is 1. The molecule has 3 fully saturated rings. The van der Waals surface area contributed by atoms with Crippen LogP contribution in [-0.2, 0) is 4.79 Å². The summed E-state index contributed by atoms with van der Waals surface area (Å²) in [6.45, 7) is 6.72. The van der Waals surface area contributed by atoms with Gasteiger partial charge in [0.1, 0.15) is 12.1 Å². The largest absolute Gasteiger partial charge is 0.494 e. The minimum atomic E-state index is 0.407. The summed E-state index contributed by atoms with van der Waals surface area (Å²) in [5.74, 6) is 9.61. The van der Waals surface area contributed by atoms with E-state index in [1.807, 2.05) is 38.1 Å².